The van der Waals surface area contributed by atoms with Gasteiger partial charge in [0.25, 0.3) is 5.91 Å². The first kappa shape index (κ1) is 44.1. The smallest absolute Gasteiger partial charge is 0.265 e. The first-order chi connectivity index (χ1) is 28.7. The molecule has 0 spiro atoms. The Morgan fingerprint density at radius 2 is 1.73 bits per heavy atom. The van der Waals surface area contributed by atoms with E-state index in [0.717, 1.165) is 130 Å². The minimum atomic E-state index is -0.498. The Balaban J connectivity index is 0.000000583. The molecule has 2 aliphatic heterocycles. The largest absolute Gasteiger partial charge is 0.455 e. The third kappa shape index (κ3) is 13.0. The molecule has 3 aliphatic rings. The maximum absolute atomic E-state index is 13.7. The monoisotopic (exact) mass is 843 g/mol. The molecule has 14 heteroatoms. The molecule has 0 bridgehead atoms. The summed E-state index contributed by atoms with van der Waals surface area (Å²) in [6, 6.07) is 25.0. The van der Waals surface area contributed by atoms with Crippen LogP contribution in [0.1, 0.15) is 55.8 Å². The Morgan fingerprint density at radius 3 is 2.42 bits per heavy atom. The van der Waals surface area contributed by atoms with Crippen LogP contribution in [-0.2, 0) is 4.74 Å². The Hall–Kier alpha value is -4.50. The van der Waals surface area contributed by atoms with Crippen molar-refractivity contribution >= 4 is 57.6 Å². The fourth-order valence-corrected chi connectivity index (χ4v) is 8.45. The van der Waals surface area contributed by atoms with E-state index in [2.05, 4.69) is 29.8 Å². The molecule has 4 heterocycles. The number of carbonyl (C=O) groups is 1. The van der Waals surface area contributed by atoms with Crippen molar-refractivity contribution in [1.29, 1.82) is 0 Å². The second-order valence-electron chi connectivity index (χ2n) is 15.6. The number of pyridine rings is 1. The van der Waals surface area contributed by atoms with Gasteiger partial charge in [0, 0.05) is 92.8 Å². The Bertz CT molecular complexity index is 2060. The normalized spacial score (nSPS) is 19.8. The van der Waals surface area contributed by atoms with E-state index in [9.17, 15) is 9.90 Å². The molecule has 59 heavy (non-hydrogen) atoms. The van der Waals surface area contributed by atoms with E-state index in [0.29, 0.717) is 34.6 Å². The molecule has 0 unspecified atom stereocenters. The number of piperazine rings is 1. The number of carbonyl (C=O) groups excluding carboxylic acids is 1. The van der Waals surface area contributed by atoms with Crippen LogP contribution in [0, 0.1) is 11.8 Å². The van der Waals surface area contributed by atoms with Crippen molar-refractivity contribution in [3.05, 3.63) is 102 Å². The molecule has 0 atom stereocenters. The number of rotatable bonds is 11. The fraction of sp³-hybridized carbons (Fsp3) is 0.422. The minimum Gasteiger partial charge on any atom is -0.455 e. The van der Waals surface area contributed by atoms with Crippen LogP contribution in [0.5, 0.6) is 11.5 Å². The van der Waals surface area contributed by atoms with E-state index >= 15 is 0 Å². The van der Waals surface area contributed by atoms with Gasteiger partial charge in [-0.15, -0.1) is 0 Å². The van der Waals surface area contributed by atoms with Gasteiger partial charge in [-0.05, 0) is 124 Å². The van der Waals surface area contributed by atoms with Crippen molar-refractivity contribution in [2.75, 3.05) is 75.5 Å². The number of aromatic nitrogens is 2. The zero-order valence-corrected chi connectivity index (χ0v) is 35.6. The van der Waals surface area contributed by atoms with Gasteiger partial charge in [-0.25, -0.2) is 4.98 Å². The van der Waals surface area contributed by atoms with E-state index in [1.165, 1.54) is 11.9 Å². The lowest BCUT2D eigenvalue weighted by Crippen LogP contribution is -2.48. The first-order valence-electron chi connectivity index (χ1n) is 20.5. The molecule has 1 amide bonds. The van der Waals surface area contributed by atoms with Gasteiger partial charge >= 0.3 is 0 Å². The number of hydrogen-bond donors (Lipinski definition) is 6. The number of halogens is 1. The summed E-state index contributed by atoms with van der Waals surface area (Å²) in [5, 5.41) is 22.6. The van der Waals surface area contributed by atoms with E-state index in [-0.39, 0.29) is 5.91 Å². The van der Waals surface area contributed by atoms with Crippen molar-refractivity contribution in [2.24, 2.45) is 11.8 Å². The van der Waals surface area contributed by atoms with Gasteiger partial charge in [0.2, 0.25) is 0 Å². The molecule has 316 valence electrons. The molecular weight excluding hydrogens is 786 g/mol. The predicted molar refractivity (Wildman–Crippen MR) is 240 cm³/mol. The van der Waals surface area contributed by atoms with Gasteiger partial charge in [0.1, 0.15) is 17.1 Å². The lowest BCUT2D eigenvalue weighted by Gasteiger charge is -2.40. The van der Waals surface area contributed by atoms with Crippen molar-refractivity contribution in [1.82, 2.24) is 19.6 Å². The molecule has 8 rings (SSSR count). The van der Waals surface area contributed by atoms with Crippen molar-refractivity contribution < 1.29 is 24.5 Å². The summed E-state index contributed by atoms with van der Waals surface area (Å²) in [6.45, 7) is 9.28. The lowest BCUT2D eigenvalue weighted by molar-refractivity contribution is 0.00263. The molecule has 7 N–H and O–H groups in total. The standard InChI is InChI=1S/C38H49N7O4S.C6H5Cl.CH4O/c1-38(47)11-6-27(7-12-38)25-44-14-16-45(17-15-44)29-2-4-32(35(21-29)49-30-20-28-8-13-40-36(28)42-24-30)37(46)43-50-31-3-5-34(33(39)22-31)41-23-26-9-18-48-19-10-26;7-6-4-2-1-3-5-6;1-2/h2-5,8,13,20-22,24,26-27,41,47H,6-7,9-12,14-19,23,25,39H2,1H3,(H,40,42)(H,43,46);1-5H;2H,1H3. The van der Waals surface area contributed by atoms with Gasteiger partial charge in [-0.3, -0.25) is 14.4 Å². The highest BCUT2D eigenvalue weighted by Crippen LogP contribution is 2.35. The van der Waals surface area contributed by atoms with Gasteiger partial charge in [-0.1, -0.05) is 29.8 Å². The number of benzene rings is 3. The molecule has 3 fully saturated rings. The highest BCUT2D eigenvalue weighted by molar-refractivity contribution is 7.98. The maximum atomic E-state index is 13.7. The summed E-state index contributed by atoms with van der Waals surface area (Å²) in [6.07, 6.45) is 9.59. The molecule has 1 saturated carbocycles. The number of H-pyrrole nitrogens is 1. The Morgan fingerprint density at radius 1 is 0.983 bits per heavy atom. The summed E-state index contributed by atoms with van der Waals surface area (Å²) in [5.41, 5.74) is 9.67. The maximum Gasteiger partial charge on any atom is 0.265 e. The average Bonchev–Trinajstić information content (AvgIpc) is 3.73. The summed E-state index contributed by atoms with van der Waals surface area (Å²) < 4.78 is 14.9. The number of aromatic amines is 1. The number of nitrogens with two attached hydrogens (primary N) is 1. The van der Waals surface area contributed by atoms with Crippen LogP contribution < -0.4 is 25.4 Å². The van der Waals surface area contributed by atoms with Crippen molar-refractivity contribution in [2.45, 2.75) is 55.9 Å². The molecule has 12 nitrogen and oxygen atoms in total. The lowest BCUT2D eigenvalue weighted by atomic mass is 9.80. The molecule has 1 aliphatic carbocycles. The topological polar surface area (TPSA) is 161 Å². The van der Waals surface area contributed by atoms with Crippen molar-refractivity contribution in [3.63, 3.8) is 0 Å². The van der Waals surface area contributed by atoms with Gasteiger partial charge < -0.3 is 40.6 Å². The quantitative estimate of drug-likeness (QED) is 0.0562. The van der Waals surface area contributed by atoms with Crippen LogP contribution in [0.4, 0.5) is 17.1 Å². The second kappa shape index (κ2) is 21.7. The number of hydrogen-bond acceptors (Lipinski definition) is 11. The van der Waals surface area contributed by atoms with Crippen molar-refractivity contribution in [3.8, 4) is 11.5 Å². The van der Waals surface area contributed by atoms with Crippen LogP contribution in [0.2, 0.25) is 5.02 Å². The molecule has 2 saturated heterocycles. The zero-order chi connectivity index (χ0) is 41.6. The van der Waals surface area contributed by atoms with Gasteiger partial charge in [0.05, 0.1) is 28.7 Å². The Labute approximate surface area is 357 Å². The number of nitrogens with one attached hydrogen (secondary N) is 3. The summed E-state index contributed by atoms with van der Waals surface area (Å²) >= 11 is 6.77. The van der Waals surface area contributed by atoms with E-state index in [1.807, 2.05) is 92.0 Å². The SMILES string of the molecule is CC1(O)CCC(CN2CCN(c3ccc(C(=O)NSc4ccc(NCC5CCOCC5)c(N)c4)c(Oc4cnc5[nH]ccc5c4)c3)CC2)CC1.CO.Clc1ccccc1. The summed E-state index contributed by atoms with van der Waals surface area (Å²) in [5.74, 6) is 2.00. The number of aliphatic hydroxyl groups is 2. The van der Waals surface area contributed by atoms with E-state index in [1.54, 1.807) is 6.20 Å². The predicted octanol–water partition coefficient (Wildman–Crippen LogP) is 8.22. The number of anilines is 3. The minimum absolute atomic E-state index is 0.260. The Kier molecular flexibility index (Phi) is 16.2. The molecule has 0 radical (unpaired) electrons. The van der Waals surface area contributed by atoms with Crippen LogP contribution in [0.15, 0.2) is 96.2 Å². The van der Waals surface area contributed by atoms with Crippen LogP contribution in [0.3, 0.4) is 0 Å². The number of nitrogens with zero attached hydrogens (tertiary/aromatic N) is 3. The highest BCUT2D eigenvalue weighted by Gasteiger charge is 2.30. The number of amides is 1. The van der Waals surface area contributed by atoms with Gasteiger partial charge in [-0.2, -0.15) is 0 Å². The van der Waals surface area contributed by atoms with Crippen LogP contribution in [-0.4, -0.2) is 96.2 Å². The van der Waals surface area contributed by atoms with E-state index < -0.39 is 5.60 Å². The molecule has 5 aromatic rings. The molecule has 3 aromatic carbocycles. The van der Waals surface area contributed by atoms with Gasteiger partial charge in [0.15, 0.2) is 0 Å². The van der Waals surface area contributed by atoms with Crippen LogP contribution in [0.25, 0.3) is 11.0 Å². The van der Waals surface area contributed by atoms with E-state index in [4.69, 9.17) is 31.9 Å². The molecular formula is C45H58ClN7O5S. The number of ether oxygens (including phenoxy) is 2. The highest BCUT2D eigenvalue weighted by atomic mass is 35.5. The third-order valence-corrected chi connectivity index (χ3v) is 12.2. The first-order valence-corrected chi connectivity index (χ1v) is 21.7. The summed E-state index contributed by atoms with van der Waals surface area (Å²) in [4.78, 5) is 27.0. The fourth-order valence-electron chi connectivity index (χ4n) is 7.66. The number of aliphatic hydroxyl groups excluding tert-OH is 1. The number of nitrogen functional groups attached to an aromatic ring is 1. The molecule has 2 aromatic heterocycles. The summed E-state index contributed by atoms with van der Waals surface area (Å²) in [7, 11) is 1.00. The third-order valence-electron chi connectivity index (χ3n) is 11.2. The zero-order valence-electron chi connectivity index (χ0n) is 34.0. The number of fused-ring (bicyclic) bond motifs is 1. The average molecular weight is 845 g/mol. The second-order valence-corrected chi connectivity index (χ2v) is 16.9. The van der Waals surface area contributed by atoms with Crippen LogP contribution >= 0.6 is 23.5 Å².